The zero-order valence-electron chi connectivity index (χ0n) is 29.1. The molecule has 0 radical (unpaired) electrons. The third-order valence-electron chi connectivity index (χ3n) is 10.8. The molecule has 10 rings (SSSR count). The first kappa shape index (κ1) is 30.3. The second kappa shape index (κ2) is 11.8. The van der Waals surface area contributed by atoms with Gasteiger partial charge in [-0.1, -0.05) is 153 Å². The molecule has 0 unspecified atom stereocenters. The maximum absolute atomic E-state index is 5.22. The van der Waals surface area contributed by atoms with Gasteiger partial charge < -0.3 is 4.57 Å². The Morgan fingerprint density at radius 1 is 0.404 bits per heavy atom. The van der Waals surface area contributed by atoms with E-state index in [4.69, 9.17) is 9.97 Å². The first-order valence-corrected chi connectivity index (χ1v) is 17.9. The summed E-state index contributed by atoms with van der Waals surface area (Å²) in [5.41, 5.74) is 16.0. The second-order valence-electron chi connectivity index (χ2n) is 14.3. The molecule has 0 N–H and O–H groups in total. The Balaban J connectivity index is 1.14. The molecule has 2 aromatic heterocycles. The summed E-state index contributed by atoms with van der Waals surface area (Å²) in [6.45, 7) is 4.70. The molecule has 9 aromatic rings. The normalized spacial score (nSPS) is 13.0. The van der Waals surface area contributed by atoms with Crippen LogP contribution in [0.4, 0.5) is 0 Å². The Hall–Kier alpha value is -6.58. The molecule has 0 atom stereocenters. The van der Waals surface area contributed by atoms with Crippen molar-refractivity contribution in [2.75, 3.05) is 0 Å². The van der Waals surface area contributed by atoms with E-state index in [-0.39, 0.29) is 5.41 Å². The molecule has 0 saturated carbocycles. The van der Waals surface area contributed by atoms with Crippen LogP contribution in [0.5, 0.6) is 0 Å². The Bertz CT molecular complexity index is 2790. The van der Waals surface area contributed by atoms with Gasteiger partial charge >= 0.3 is 0 Å². The van der Waals surface area contributed by atoms with Gasteiger partial charge in [0.2, 0.25) is 0 Å². The summed E-state index contributed by atoms with van der Waals surface area (Å²) in [5, 5.41) is 2.51. The summed E-state index contributed by atoms with van der Waals surface area (Å²) < 4.78 is 2.41. The van der Waals surface area contributed by atoms with E-state index in [2.05, 4.69) is 182 Å². The molecule has 3 heteroatoms. The summed E-state index contributed by atoms with van der Waals surface area (Å²) >= 11 is 0. The van der Waals surface area contributed by atoms with Crippen molar-refractivity contribution in [1.82, 2.24) is 14.5 Å². The number of hydrogen-bond donors (Lipinski definition) is 0. The van der Waals surface area contributed by atoms with Crippen LogP contribution in [0.1, 0.15) is 25.0 Å². The summed E-state index contributed by atoms with van der Waals surface area (Å²) in [6.07, 6.45) is 0. The Labute approximate surface area is 303 Å². The smallest absolute Gasteiger partial charge is 0.160 e. The number of fused-ring (bicyclic) bond motifs is 6. The van der Waals surface area contributed by atoms with Crippen molar-refractivity contribution in [3.8, 4) is 61.8 Å². The topological polar surface area (TPSA) is 30.7 Å². The predicted octanol–water partition coefficient (Wildman–Crippen LogP) is 12.5. The molecule has 0 aliphatic heterocycles. The van der Waals surface area contributed by atoms with Gasteiger partial charge in [-0.05, 0) is 69.8 Å². The fraction of sp³-hybridized carbons (Fsp3) is 0.0612. The van der Waals surface area contributed by atoms with E-state index in [0.29, 0.717) is 5.82 Å². The number of rotatable bonds is 5. The van der Waals surface area contributed by atoms with Crippen molar-refractivity contribution in [3.05, 3.63) is 187 Å². The molecular formula is C49H35N3. The first-order valence-electron chi connectivity index (χ1n) is 17.9. The molecule has 0 bridgehead atoms. The fourth-order valence-corrected chi connectivity index (χ4v) is 8.17. The van der Waals surface area contributed by atoms with Gasteiger partial charge in [0.05, 0.1) is 22.4 Å². The number of hydrogen-bond acceptors (Lipinski definition) is 2. The van der Waals surface area contributed by atoms with Gasteiger partial charge in [-0.2, -0.15) is 0 Å². The molecule has 0 amide bonds. The SMILES string of the molecule is CC1(C)c2ccccc2-c2cc3c4ccccc4n(-c4cccc(-c5nc(-c6ccccc6)cc(-c6ccc(-c7ccccc7)cc6)n5)c4)c3cc21. The fourth-order valence-electron chi connectivity index (χ4n) is 8.17. The second-order valence-corrected chi connectivity index (χ2v) is 14.3. The largest absolute Gasteiger partial charge is 0.309 e. The van der Waals surface area contributed by atoms with E-state index in [0.717, 1.165) is 33.8 Å². The van der Waals surface area contributed by atoms with E-state index in [1.54, 1.807) is 0 Å². The molecule has 7 aromatic carbocycles. The average molecular weight is 666 g/mol. The highest BCUT2D eigenvalue weighted by atomic mass is 15.0. The highest BCUT2D eigenvalue weighted by molar-refractivity contribution is 6.11. The third kappa shape index (κ3) is 4.81. The van der Waals surface area contributed by atoms with Gasteiger partial charge in [0.1, 0.15) is 0 Å². The predicted molar refractivity (Wildman–Crippen MR) is 216 cm³/mol. The number of aromatic nitrogens is 3. The van der Waals surface area contributed by atoms with Crippen molar-refractivity contribution in [2.24, 2.45) is 0 Å². The zero-order valence-corrected chi connectivity index (χ0v) is 29.1. The highest BCUT2D eigenvalue weighted by Crippen LogP contribution is 2.51. The lowest BCUT2D eigenvalue weighted by molar-refractivity contribution is 0.661. The van der Waals surface area contributed by atoms with Crippen molar-refractivity contribution < 1.29 is 0 Å². The molecular weight excluding hydrogens is 631 g/mol. The van der Waals surface area contributed by atoms with Gasteiger partial charge in [0, 0.05) is 38.6 Å². The number of benzene rings is 7. The van der Waals surface area contributed by atoms with E-state index in [9.17, 15) is 0 Å². The van der Waals surface area contributed by atoms with Crippen LogP contribution in [0, 0.1) is 0 Å². The Kier molecular flexibility index (Phi) is 6.84. The maximum Gasteiger partial charge on any atom is 0.160 e. The van der Waals surface area contributed by atoms with Gasteiger partial charge in [-0.15, -0.1) is 0 Å². The van der Waals surface area contributed by atoms with Crippen LogP contribution < -0.4 is 0 Å². The number of nitrogens with zero attached hydrogens (tertiary/aromatic N) is 3. The summed E-state index contributed by atoms with van der Waals surface area (Å²) in [6, 6.07) is 62.8. The molecule has 3 nitrogen and oxygen atoms in total. The quantitative estimate of drug-likeness (QED) is 0.183. The third-order valence-corrected chi connectivity index (χ3v) is 10.8. The lowest BCUT2D eigenvalue weighted by atomic mass is 9.82. The van der Waals surface area contributed by atoms with Crippen LogP contribution in [0.25, 0.3) is 83.6 Å². The minimum Gasteiger partial charge on any atom is -0.309 e. The van der Waals surface area contributed by atoms with Crippen molar-refractivity contribution in [2.45, 2.75) is 19.3 Å². The number of para-hydroxylation sites is 1. The molecule has 2 heterocycles. The lowest BCUT2D eigenvalue weighted by Gasteiger charge is -2.21. The van der Waals surface area contributed by atoms with Crippen LogP contribution in [-0.4, -0.2) is 14.5 Å². The van der Waals surface area contributed by atoms with Crippen LogP contribution in [0.3, 0.4) is 0 Å². The van der Waals surface area contributed by atoms with Crippen molar-refractivity contribution >= 4 is 21.8 Å². The first-order chi connectivity index (χ1) is 25.5. The standard InChI is InChI=1S/C49H35N3/c1-49(2)42-22-11-9-20-38(42)40-29-41-39-21-10-12-23-46(39)52(47(41)30-43(40)49)37-19-13-18-36(28-37)48-50-44(34-16-7-4-8-17-34)31-45(51-48)35-26-24-33(25-27-35)32-14-5-3-6-15-32/h3-31H,1-2H3. The molecule has 0 saturated heterocycles. The van der Waals surface area contributed by atoms with Crippen LogP contribution >= 0.6 is 0 Å². The zero-order chi connectivity index (χ0) is 34.8. The van der Waals surface area contributed by atoms with Gasteiger partial charge in [-0.3, -0.25) is 0 Å². The molecule has 0 spiro atoms. The van der Waals surface area contributed by atoms with E-state index < -0.39 is 0 Å². The molecule has 0 fully saturated rings. The van der Waals surface area contributed by atoms with E-state index >= 15 is 0 Å². The van der Waals surface area contributed by atoms with Crippen LogP contribution in [-0.2, 0) is 5.41 Å². The maximum atomic E-state index is 5.22. The Morgan fingerprint density at radius 3 is 1.77 bits per heavy atom. The van der Waals surface area contributed by atoms with E-state index in [1.807, 2.05) is 12.1 Å². The van der Waals surface area contributed by atoms with Crippen LogP contribution in [0.2, 0.25) is 0 Å². The summed E-state index contributed by atoms with van der Waals surface area (Å²) in [5.74, 6) is 0.698. The average Bonchev–Trinajstić information content (AvgIpc) is 3.65. The van der Waals surface area contributed by atoms with Gasteiger partial charge in [0.25, 0.3) is 0 Å². The van der Waals surface area contributed by atoms with E-state index in [1.165, 1.54) is 55.2 Å². The summed E-state index contributed by atoms with van der Waals surface area (Å²) in [4.78, 5) is 10.4. The minimum atomic E-state index is -0.0926. The lowest BCUT2D eigenvalue weighted by Crippen LogP contribution is -2.14. The highest BCUT2D eigenvalue weighted by Gasteiger charge is 2.36. The minimum absolute atomic E-state index is 0.0926. The van der Waals surface area contributed by atoms with Crippen LogP contribution in [0.15, 0.2) is 176 Å². The molecule has 52 heavy (non-hydrogen) atoms. The summed E-state index contributed by atoms with van der Waals surface area (Å²) in [7, 11) is 0. The van der Waals surface area contributed by atoms with Crippen molar-refractivity contribution in [1.29, 1.82) is 0 Å². The molecule has 1 aliphatic rings. The molecule has 246 valence electrons. The monoisotopic (exact) mass is 665 g/mol. The van der Waals surface area contributed by atoms with Crippen molar-refractivity contribution in [3.63, 3.8) is 0 Å². The van der Waals surface area contributed by atoms with Gasteiger partial charge in [0.15, 0.2) is 5.82 Å². The Morgan fingerprint density at radius 2 is 1.00 bits per heavy atom. The van der Waals surface area contributed by atoms with Gasteiger partial charge in [-0.25, -0.2) is 9.97 Å². The molecule has 1 aliphatic carbocycles.